The number of amides is 1. The van der Waals surface area contributed by atoms with Crippen LogP contribution < -0.4 is 5.32 Å². The van der Waals surface area contributed by atoms with E-state index in [-0.39, 0.29) is 17.6 Å². The molecule has 27 heavy (non-hydrogen) atoms. The molecule has 0 fully saturated rings. The predicted octanol–water partition coefficient (Wildman–Crippen LogP) is 4.81. The SMILES string of the molecule is Cc1ccc(NC(=O)[C@@H]2CCn3c(C(=O)c4ccccc4)ccc32)cc1Cl. The van der Waals surface area contributed by atoms with Crippen LogP contribution in [0.5, 0.6) is 0 Å². The van der Waals surface area contributed by atoms with Crippen LogP contribution in [0.4, 0.5) is 5.69 Å². The van der Waals surface area contributed by atoms with Gasteiger partial charge in [-0.05, 0) is 43.2 Å². The highest BCUT2D eigenvalue weighted by Gasteiger charge is 2.32. The maximum absolute atomic E-state index is 12.8. The van der Waals surface area contributed by atoms with E-state index in [9.17, 15) is 9.59 Å². The lowest BCUT2D eigenvalue weighted by Gasteiger charge is -2.11. The molecule has 0 saturated carbocycles. The second kappa shape index (κ2) is 7.05. The molecule has 1 aliphatic rings. The van der Waals surface area contributed by atoms with E-state index >= 15 is 0 Å². The van der Waals surface area contributed by atoms with Crippen LogP contribution in [0.2, 0.25) is 5.02 Å². The molecule has 0 spiro atoms. The summed E-state index contributed by atoms with van der Waals surface area (Å²) in [7, 11) is 0. The fourth-order valence-electron chi connectivity index (χ4n) is 3.54. The van der Waals surface area contributed by atoms with Crippen LogP contribution in [-0.2, 0) is 11.3 Å². The first-order chi connectivity index (χ1) is 13.0. The predicted molar refractivity (Wildman–Crippen MR) is 106 cm³/mol. The standard InChI is InChI=1S/C22H19ClN2O2/c1-14-7-8-16(13-18(14)23)24-22(27)17-11-12-25-19(17)9-10-20(25)21(26)15-5-3-2-4-6-15/h2-10,13,17H,11-12H2,1H3,(H,24,27)/t17-/m1/s1. The second-order valence-electron chi connectivity index (χ2n) is 6.78. The van der Waals surface area contributed by atoms with Gasteiger partial charge in [0.25, 0.3) is 0 Å². The van der Waals surface area contributed by atoms with E-state index in [2.05, 4.69) is 5.32 Å². The van der Waals surface area contributed by atoms with Crippen molar-refractivity contribution in [3.05, 3.63) is 88.2 Å². The maximum Gasteiger partial charge on any atom is 0.233 e. The number of fused-ring (bicyclic) bond motifs is 1. The number of hydrogen-bond acceptors (Lipinski definition) is 2. The molecule has 0 saturated heterocycles. The van der Waals surface area contributed by atoms with E-state index < -0.39 is 0 Å². The van der Waals surface area contributed by atoms with E-state index in [1.165, 1.54) is 0 Å². The summed E-state index contributed by atoms with van der Waals surface area (Å²) in [5.74, 6) is -0.374. The van der Waals surface area contributed by atoms with Crippen LogP contribution in [-0.4, -0.2) is 16.3 Å². The third-order valence-electron chi connectivity index (χ3n) is 5.04. The average molecular weight is 379 g/mol. The molecule has 0 unspecified atom stereocenters. The van der Waals surface area contributed by atoms with E-state index in [0.29, 0.717) is 34.9 Å². The Bertz CT molecular complexity index is 1020. The molecule has 2 heterocycles. The van der Waals surface area contributed by atoms with Gasteiger partial charge in [-0.15, -0.1) is 0 Å². The first kappa shape index (κ1) is 17.6. The molecule has 0 radical (unpaired) electrons. The minimum Gasteiger partial charge on any atom is -0.341 e. The topological polar surface area (TPSA) is 51.1 Å². The van der Waals surface area contributed by atoms with Gasteiger partial charge < -0.3 is 9.88 Å². The highest BCUT2D eigenvalue weighted by atomic mass is 35.5. The molecule has 2 aromatic carbocycles. The van der Waals surface area contributed by atoms with Crippen molar-refractivity contribution in [3.8, 4) is 0 Å². The lowest BCUT2D eigenvalue weighted by atomic mass is 10.0. The van der Waals surface area contributed by atoms with Crippen molar-refractivity contribution < 1.29 is 9.59 Å². The number of aromatic nitrogens is 1. The van der Waals surface area contributed by atoms with Gasteiger partial charge in [0.1, 0.15) is 0 Å². The Morgan fingerprint density at radius 2 is 1.85 bits per heavy atom. The summed E-state index contributed by atoms with van der Waals surface area (Å²) < 4.78 is 1.96. The molecule has 136 valence electrons. The zero-order valence-corrected chi connectivity index (χ0v) is 15.7. The number of nitrogens with one attached hydrogen (secondary N) is 1. The van der Waals surface area contributed by atoms with Gasteiger partial charge in [-0.2, -0.15) is 0 Å². The van der Waals surface area contributed by atoms with E-state index in [4.69, 9.17) is 11.6 Å². The molecule has 1 aromatic heterocycles. The van der Waals surface area contributed by atoms with Crippen molar-refractivity contribution >= 4 is 29.0 Å². The molecule has 0 bridgehead atoms. The van der Waals surface area contributed by atoms with Crippen molar-refractivity contribution in [1.82, 2.24) is 4.57 Å². The Hall–Kier alpha value is -2.85. The first-order valence-corrected chi connectivity index (χ1v) is 9.28. The number of halogens is 1. The van der Waals surface area contributed by atoms with Crippen LogP contribution in [0.3, 0.4) is 0 Å². The van der Waals surface area contributed by atoms with E-state index in [1.807, 2.05) is 66.1 Å². The molecular weight excluding hydrogens is 360 g/mol. The summed E-state index contributed by atoms with van der Waals surface area (Å²) in [5.41, 5.74) is 3.81. The van der Waals surface area contributed by atoms with Crippen molar-refractivity contribution in [1.29, 1.82) is 0 Å². The third kappa shape index (κ3) is 3.28. The number of anilines is 1. The Morgan fingerprint density at radius 3 is 2.59 bits per heavy atom. The normalized spacial score (nSPS) is 15.4. The third-order valence-corrected chi connectivity index (χ3v) is 5.44. The largest absolute Gasteiger partial charge is 0.341 e. The zero-order valence-electron chi connectivity index (χ0n) is 14.9. The van der Waals surface area contributed by atoms with Gasteiger partial charge in [0.15, 0.2) is 0 Å². The molecule has 1 amide bonds. The Kier molecular flexibility index (Phi) is 4.58. The number of carbonyl (C=O) groups excluding carboxylic acids is 2. The van der Waals surface area contributed by atoms with Gasteiger partial charge >= 0.3 is 0 Å². The summed E-state index contributed by atoms with van der Waals surface area (Å²) in [5, 5.41) is 3.56. The monoisotopic (exact) mass is 378 g/mol. The number of benzene rings is 2. The van der Waals surface area contributed by atoms with E-state index in [1.54, 1.807) is 6.07 Å². The molecule has 3 aromatic rings. The summed E-state index contributed by atoms with van der Waals surface area (Å²) in [6.45, 7) is 2.58. The van der Waals surface area contributed by atoms with Gasteiger partial charge in [-0.3, -0.25) is 9.59 Å². The molecule has 1 N–H and O–H groups in total. The Labute approximate surface area is 162 Å². The van der Waals surface area contributed by atoms with Crippen molar-refractivity contribution in [2.75, 3.05) is 5.32 Å². The summed E-state index contributed by atoms with van der Waals surface area (Å²) in [6.07, 6.45) is 0.677. The van der Waals surface area contributed by atoms with Gasteiger partial charge in [-0.25, -0.2) is 0 Å². The summed E-state index contributed by atoms with van der Waals surface area (Å²) >= 11 is 6.14. The quantitative estimate of drug-likeness (QED) is 0.662. The lowest BCUT2D eigenvalue weighted by molar-refractivity contribution is -0.117. The Balaban J connectivity index is 1.55. The number of hydrogen-bond donors (Lipinski definition) is 1. The van der Waals surface area contributed by atoms with E-state index in [0.717, 1.165) is 11.3 Å². The molecule has 4 nitrogen and oxygen atoms in total. The molecular formula is C22H19ClN2O2. The Morgan fingerprint density at radius 1 is 1.07 bits per heavy atom. The highest BCUT2D eigenvalue weighted by molar-refractivity contribution is 6.31. The van der Waals surface area contributed by atoms with Crippen molar-refractivity contribution in [2.45, 2.75) is 25.8 Å². The highest BCUT2D eigenvalue weighted by Crippen LogP contribution is 2.32. The maximum atomic E-state index is 12.8. The first-order valence-electron chi connectivity index (χ1n) is 8.91. The fourth-order valence-corrected chi connectivity index (χ4v) is 3.72. The van der Waals surface area contributed by atoms with Crippen LogP contribution in [0, 0.1) is 6.92 Å². The smallest absolute Gasteiger partial charge is 0.233 e. The average Bonchev–Trinajstić information content (AvgIpc) is 3.27. The minimum atomic E-state index is -0.276. The number of carbonyl (C=O) groups is 2. The molecule has 0 aliphatic carbocycles. The minimum absolute atomic E-state index is 0.0202. The number of nitrogens with zero attached hydrogens (tertiary/aromatic N) is 1. The van der Waals surface area contributed by atoms with Gasteiger partial charge in [0.05, 0.1) is 11.6 Å². The molecule has 5 heteroatoms. The summed E-state index contributed by atoms with van der Waals surface area (Å²) in [6, 6.07) is 18.4. The molecule has 4 rings (SSSR count). The van der Waals surface area contributed by atoms with Crippen LogP contribution in [0.25, 0.3) is 0 Å². The fraction of sp³-hybridized carbons (Fsp3) is 0.182. The number of ketones is 1. The van der Waals surface area contributed by atoms with Crippen LogP contribution in [0.1, 0.15) is 39.6 Å². The summed E-state index contributed by atoms with van der Waals surface area (Å²) in [4.78, 5) is 25.5. The van der Waals surface area contributed by atoms with Crippen molar-refractivity contribution in [3.63, 3.8) is 0 Å². The molecule has 1 aliphatic heterocycles. The van der Waals surface area contributed by atoms with Crippen LogP contribution in [0.15, 0.2) is 60.7 Å². The second-order valence-corrected chi connectivity index (χ2v) is 7.19. The van der Waals surface area contributed by atoms with Gasteiger partial charge in [-0.1, -0.05) is 48.0 Å². The van der Waals surface area contributed by atoms with Gasteiger partial charge in [0, 0.05) is 28.5 Å². The van der Waals surface area contributed by atoms with Gasteiger partial charge in [0.2, 0.25) is 11.7 Å². The zero-order chi connectivity index (χ0) is 19.0. The number of rotatable bonds is 4. The van der Waals surface area contributed by atoms with Crippen molar-refractivity contribution in [2.24, 2.45) is 0 Å². The molecule has 1 atom stereocenters. The number of aryl methyl sites for hydroxylation is 1. The van der Waals surface area contributed by atoms with Crippen LogP contribution >= 0.6 is 11.6 Å². The lowest BCUT2D eigenvalue weighted by Crippen LogP contribution is -2.19.